The van der Waals surface area contributed by atoms with Gasteiger partial charge in [0.1, 0.15) is 5.75 Å². The van der Waals surface area contributed by atoms with Crippen LogP contribution in [0.1, 0.15) is 17.5 Å². The molecule has 2 aromatic rings. The largest absolute Gasteiger partial charge is 0.496 e. The number of carbonyl (C=O) groups excluding carboxylic acids is 1. The molecule has 1 N–H and O–H groups in total. The van der Waals surface area contributed by atoms with E-state index in [0.29, 0.717) is 6.42 Å². The van der Waals surface area contributed by atoms with Gasteiger partial charge in [-0.2, -0.15) is 0 Å². The first-order valence-corrected chi connectivity index (χ1v) is 10.2. The van der Waals surface area contributed by atoms with E-state index in [2.05, 4.69) is 33.3 Å². The molecule has 5 heteroatoms. The summed E-state index contributed by atoms with van der Waals surface area (Å²) >= 11 is 0. The molecule has 0 radical (unpaired) electrons. The number of aryl methyl sites for hydroxylation is 1. The second kappa shape index (κ2) is 10.8. The Labute approximate surface area is 174 Å². The van der Waals surface area contributed by atoms with Gasteiger partial charge in [-0.3, -0.25) is 9.69 Å². The van der Waals surface area contributed by atoms with E-state index in [-0.39, 0.29) is 5.91 Å². The lowest BCUT2D eigenvalue weighted by molar-refractivity contribution is -0.116. The van der Waals surface area contributed by atoms with Crippen LogP contribution in [-0.2, 0) is 4.79 Å². The number of piperazine rings is 1. The van der Waals surface area contributed by atoms with Gasteiger partial charge in [-0.15, -0.1) is 0 Å². The van der Waals surface area contributed by atoms with Crippen molar-refractivity contribution < 1.29 is 9.53 Å². The molecule has 5 nitrogen and oxygen atoms in total. The molecule has 1 aliphatic rings. The van der Waals surface area contributed by atoms with Gasteiger partial charge in [0.25, 0.3) is 0 Å². The van der Waals surface area contributed by atoms with Crippen molar-refractivity contribution in [3.8, 4) is 5.75 Å². The van der Waals surface area contributed by atoms with Crippen LogP contribution >= 0.6 is 0 Å². The van der Waals surface area contributed by atoms with Gasteiger partial charge in [-0.1, -0.05) is 42.5 Å². The molecule has 3 rings (SSSR count). The van der Waals surface area contributed by atoms with Gasteiger partial charge >= 0.3 is 0 Å². The molecule has 0 bridgehead atoms. The van der Waals surface area contributed by atoms with Crippen LogP contribution in [0.15, 0.2) is 54.6 Å². The van der Waals surface area contributed by atoms with Crippen LogP contribution in [0, 0.1) is 6.92 Å². The number of nitrogens with zero attached hydrogens (tertiary/aromatic N) is 2. The summed E-state index contributed by atoms with van der Waals surface area (Å²) in [5, 5.41) is 2.99. The van der Waals surface area contributed by atoms with Crippen molar-refractivity contribution in [2.45, 2.75) is 13.3 Å². The molecule has 1 amide bonds. The molecule has 0 spiro atoms. The van der Waals surface area contributed by atoms with E-state index >= 15 is 0 Å². The smallest absolute Gasteiger partial charge is 0.225 e. The van der Waals surface area contributed by atoms with Crippen LogP contribution in [0.4, 0.5) is 5.69 Å². The highest BCUT2D eigenvalue weighted by Crippen LogP contribution is 2.18. The van der Waals surface area contributed by atoms with Gasteiger partial charge in [0.05, 0.1) is 7.11 Å². The molecule has 0 aliphatic carbocycles. The number of hydrogen-bond acceptors (Lipinski definition) is 4. The predicted molar refractivity (Wildman–Crippen MR) is 119 cm³/mol. The second-order valence-electron chi connectivity index (χ2n) is 7.45. The highest BCUT2D eigenvalue weighted by atomic mass is 16.5. The fraction of sp³-hybridized carbons (Fsp3) is 0.375. The zero-order valence-corrected chi connectivity index (χ0v) is 17.4. The number of methoxy groups -OCH3 is 1. The van der Waals surface area contributed by atoms with Crippen LogP contribution in [0.25, 0.3) is 6.08 Å². The predicted octanol–water partition coefficient (Wildman–Crippen LogP) is 3.66. The summed E-state index contributed by atoms with van der Waals surface area (Å²) in [5.41, 5.74) is 3.13. The molecule has 1 fully saturated rings. The first-order chi connectivity index (χ1) is 14.1. The van der Waals surface area contributed by atoms with E-state index in [9.17, 15) is 4.79 Å². The van der Waals surface area contributed by atoms with Gasteiger partial charge in [0.15, 0.2) is 0 Å². The summed E-state index contributed by atoms with van der Waals surface area (Å²) in [7, 11) is 1.70. The number of rotatable bonds is 8. The fourth-order valence-electron chi connectivity index (χ4n) is 3.53. The minimum Gasteiger partial charge on any atom is -0.496 e. The Morgan fingerprint density at radius 3 is 2.59 bits per heavy atom. The SMILES string of the molecule is COc1ccccc1/C=C/CN1CCN(CCC(=O)Nc2cccc(C)c2)CC1. The molecule has 29 heavy (non-hydrogen) atoms. The average Bonchev–Trinajstić information content (AvgIpc) is 2.73. The van der Waals surface area contributed by atoms with Crippen LogP contribution in [0.2, 0.25) is 0 Å². The molecule has 1 aliphatic heterocycles. The maximum absolute atomic E-state index is 12.2. The molecule has 2 aromatic carbocycles. The molecule has 0 aromatic heterocycles. The number of nitrogens with one attached hydrogen (secondary N) is 1. The van der Waals surface area contributed by atoms with Crippen molar-refractivity contribution in [3.63, 3.8) is 0 Å². The van der Waals surface area contributed by atoms with E-state index in [4.69, 9.17) is 4.74 Å². The maximum atomic E-state index is 12.2. The standard InChI is InChI=1S/C24H31N3O2/c1-20-7-5-10-22(19-20)25-24(28)12-14-27-17-15-26(16-18-27)13-6-9-21-8-3-4-11-23(21)29-2/h3-11,19H,12-18H2,1-2H3,(H,25,28)/b9-6+. The number of hydrogen-bond donors (Lipinski definition) is 1. The summed E-state index contributed by atoms with van der Waals surface area (Å²) in [5.74, 6) is 0.982. The first-order valence-electron chi connectivity index (χ1n) is 10.2. The Hall–Kier alpha value is -2.63. The molecule has 0 saturated carbocycles. The first kappa shape index (κ1) is 21.1. The lowest BCUT2D eigenvalue weighted by atomic mass is 10.2. The Kier molecular flexibility index (Phi) is 7.85. The van der Waals surface area contributed by atoms with Gasteiger partial charge in [-0.05, 0) is 30.7 Å². The molecule has 154 valence electrons. The lowest BCUT2D eigenvalue weighted by Gasteiger charge is -2.34. The van der Waals surface area contributed by atoms with Gasteiger partial charge in [0, 0.05) is 56.9 Å². The second-order valence-corrected chi connectivity index (χ2v) is 7.45. The van der Waals surface area contributed by atoms with Crippen molar-refractivity contribution in [3.05, 3.63) is 65.7 Å². The van der Waals surface area contributed by atoms with E-state index in [1.165, 1.54) is 0 Å². The summed E-state index contributed by atoms with van der Waals surface area (Å²) < 4.78 is 5.39. The number of ether oxygens (including phenoxy) is 1. The molecule has 0 unspecified atom stereocenters. The highest BCUT2D eigenvalue weighted by Gasteiger charge is 2.16. The third-order valence-electron chi connectivity index (χ3n) is 5.22. The van der Waals surface area contributed by atoms with Gasteiger partial charge in [-0.25, -0.2) is 0 Å². The fourth-order valence-corrected chi connectivity index (χ4v) is 3.53. The number of carbonyl (C=O) groups is 1. The van der Waals surface area contributed by atoms with Crippen LogP contribution in [0.3, 0.4) is 0 Å². The van der Waals surface area contributed by atoms with Crippen molar-refractivity contribution >= 4 is 17.7 Å². The van der Waals surface area contributed by atoms with E-state index in [0.717, 1.165) is 61.8 Å². The van der Waals surface area contributed by atoms with Gasteiger partial charge in [0.2, 0.25) is 5.91 Å². The van der Waals surface area contributed by atoms with Crippen LogP contribution in [-0.4, -0.2) is 62.1 Å². The Morgan fingerprint density at radius 2 is 1.83 bits per heavy atom. The molecular formula is C24H31N3O2. The number of anilines is 1. The summed E-state index contributed by atoms with van der Waals surface area (Å²) in [6.07, 6.45) is 4.85. The van der Waals surface area contributed by atoms with Gasteiger partial charge < -0.3 is 15.0 Å². The van der Waals surface area contributed by atoms with Crippen molar-refractivity contribution in [2.24, 2.45) is 0 Å². The van der Waals surface area contributed by atoms with E-state index < -0.39 is 0 Å². The normalized spacial score (nSPS) is 15.5. The number of amides is 1. The third-order valence-corrected chi connectivity index (χ3v) is 5.22. The molecular weight excluding hydrogens is 362 g/mol. The van der Waals surface area contributed by atoms with Crippen LogP contribution < -0.4 is 10.1 Å². The Morgan fingerprint density at radius 1 is 1.07 bits per heavy atom. The topological polar surface area (TPSA) is 44.8 Å². The zero-order valence-electron chi connectivity index (χ0n) is 17.4. The quantitative estimate of drug-likeness (QED) is 0.743. The molecule has 1 heterocycles. The lowest BCUT2D eigenvalue weighted by Crippen LogP contribution is -2.46. The van der Waals surface area contributed by atoms with Crippen LogP contribution in [0.5, 0.6) is 5.75 Å². The zero-order chi connectivity index (χ0) is 20.5. The van der Waals surface area contributed by atoms with E-state index in [1.807, 2.05) is 49.4 Å². The summed E-state index contributed by atoms with van der Waals surface area (Å²) in [6.45, 7) is 7.81. The highest BCUT2D eigenvalue weighted by molar-refractivity contribution is 5.90. The molecule has 1 saturated heterocycles. The number of para-hydroxylation sites is 1. The van der Waals surface area contributed by atoms with Crippen molar-refractivity contribution in [1.82, 2.24) is 9.80 Å². The Bertz CT molecular complexity index is 826. The number of benzene rings is 2. The summed E-state index contributed by atoms with van der Waals surface area (Å²) in [4.78, 5) is 17.0. The minimum absolute atomic E-state index is 0.0813. The van der Waals surface area contributed by atoms with Crippen molar-refractivity contribution in [1.29, 1.82) is 0 Å². The third kappa shape index (κ3) is 6.73. The van der Waals surface area contributed by atoms with E-state index in [1.54, 1.807) is 7.11 Å². The summed E-state index contributed by atoms with van der Waals surface area (Å²) in [6, 6.07) is 16.0. The van der Waals surface area contributed by atoms with Crippen molar-refractivity contribution in [2.75, 3.05) is 51.7 Å². The molecule has 0 atom stereocenters. The Balaban J connectivity index is 1.36. The minimum atomic E-state index is 0.0813. The monoisotopic (exact) mass is 393 g/mol. The maximum Gasteiger partial charge on any atom is 0.225 e. The average molecular weight is 394 g/mol.